The minimum absolute atomic E-state index is 0.0210. The molecular formula is C12H18O7. The van der Waals surface area contributed by atoms with Gasteiger partial charge < -0.3 is 29.5 Å². The monoisotopic (exact) mass is 274 g/mol. The highest BCUT2D eigenvalue weighted by Gasteiger charge is 2.45. The minimum Gasteiger partial charge on any atom is -0.483 e. The molecular weight excluding hydrogens is 256 g/mol. The Morgan fingerprint density at radius 2 is 1.74 bits per heavy atom. The Labute approximate surface area is 110 Å². The fourth-order valence-corrected chi connectivity index (χ4v) is 2.10. The largest absolute Gasteiger partial charge is 0.483 e. The van der Waals surface area contributed by atoms with E-state index in [1.807, 2.05) is 0 Å². The molecule has 1 unspecified atom stereocenters. The minimum atomic E-state index is -1.45. The van der Waals surface area contributed by atoms with Gasteiger partial charge in [0.15, 0.2) is 6.10 Å². The number of Topliss-reactive ketones (excluding diaryl/α,β-unsaturated/α-hetero) is 1. The van der Waals surface area contributed by atoms with Crippen LogP contribution in [0.4, 0.5) is 0 Å². The van der Waals surface area contributed by atoms with Crippen LogP contribution in [0.1, 0.15) is 20.8 Å². The average molecular weight is 274 g/mol. The first-order valence-corrected chi connectivity index (χ1v) is 6.11. The molecule has 1 saturated heterocycles. The lowest BCUT2D eigenvalue weighted by Gasteiger charge is -2.38. The van der Waals surface area contributed by atoms with Crippen LogP contribution in [0.3, 0.4) is 0 Å². The molecule has 0 aliphatic carbocycles. The van der Waals surface area contributed by atoms with Crippen molar-refractivity contribution in [2.24, 2.45) is 0 Å². The summed E-state index contributed by atoms with van der Waals surface area (Å²) < 4.78 is 15.8. The summed E-state index contributed by atoms with van der Waals surface area (Å²) in [5.41, 5.74) is 0. The van der Waals surface area contributed by atoms with Gasteiger partial charge in [-0.1, -0.05) is 0 Å². The Morgan fingerprint density at radius 3 is 2.26 bits per heavy atom. The predicted octanol–water partition coefficient (Wildman–Crippen LogP) is -0.950. The van der Waals surface area contributed by atoms with E-state index in [2.05, 4.69) is 0 Å². The second-order valence-electron chi connectivity index (χ2n) is 4.81. The molecule has 6 atom stereocenters. The topological polar surface area (TPSA) is 105 Å². The standard InChI is InChI=1S/C12H18O7/c1-4-7(13)9(15)10(16)12(18-4)19-11-6(3)17-5(2)8(11)14/h4-5,7,9-10,12-13,15-16H,1-3H3/t4-,5?,7+,9+,10-,12-/m0/s1. The maximum atomic E-state index is 11.8. The smallest absolute Gasteiger partial charge is 0.241 e. The normalized spacial score (nSPS) is 43.4. The molecule has 0 radical (unpaired) electrons. The van der Waals surface area contributed by atoms with Crippen LogP contribution in [-0.2, 0) is 19.0 Å². The Bertz CT molecular complexity index is 405. The van der Waals surface area contributed by atoms with Gasteiger partial charge in [0.05, 0.1) is 6.10 Å². The van der Waals surface area contributed by atoms with Gasteiger partial charge in [0, 0.05) is 0 Å². The summed E-state index contributed by atoms with van der Waals surface area (Å²) in [6, 6.07) is 0. The van der Waals surface area contributed by atoms with Crippen molar-refractivity contribution in [3.05, 3.63) is 11.5 Å². The first kappa shape index (κ1) is 14.3. The van der Waals surface area contributed by atoms with Gasteiger partial charge in [0.1, 0.15) is 24.1 Å². The average Bonchev–Trinajstić information content (AvgIpc) is 2.60. The second kappa shape index (κ2) is 5.09. The molecule has 0 aromatic heterocycles. The molecule has 0 spiro atoms. The van der Waals surface area contributed by atoms with Gasteiger partial charge in [-0.25, -0.2) is 0 Å². The first-order chi connectivity index (χ1) is 8.82. The molecule has 2 aliphatic heterocycles. The van der Waals surface area contributed by atoms with E-state index < -0.39 is 36.8 Å². The third kappa shape index (κ3) is 2.46. The number of ketones is 1. The zero-order valence-electron chi connectivity index (χ0n) is 10.9. The summed E-state index contributed by atoms with van der Waals surface area (Å²) in [5, 5.41) is 29.0. The van der Waals surface area contributed by atoms with E-state index in [-0.39, 0.29) is 11.5 Å². The molecule has 0 aromatic carbocycles. The molecule has 2 heterocycles. The van der Waals surface area contributed by atoms with Crippen molar-refractivity contribution in [2.45, 2.75) is 57.6 Å². The fraction of sp³-hybridized carbons (Fsp3) is 0.750. The molecule has 0 bridgehead atoms. The molecule has 19 heavy (non-hydrogen) atoms. The summed E-state index contributed by atoms with van der Waals surface area (Å²) in [7, 11) is 0. The van der Waals surface area contributed by atoms with Gasteiger partial charge >= 0.3 is 0 Å². The number of hydrogen-bond donors (Lipinski definition) is 3. The molecule has 7 nitrogen and oxygen atoms in total. The molecule has 0 aromatic rings. The number of ether oxygens (including phenoxy) is 3. The fourth-order valence-electron chi connectivity index (χ4n) is 2.10. The van der Waals surface area contributed by atoms with Gasteiger partial charge in [-0.2, -0.15) is 0 Å². The Morgan fingerprint density at radius 1 is 1.11 bits per heavy atom. The van der Waals surface area contributed by atoms with Crippen LogP contribution >= 0.6 is 0 Å². The molecule has 2 aliphatic rings. The van der Waals surface area contributed by atoms with E-state index in [1.165, 1.54) is 6.92 Å². The number of carbonyl (C=O) groups is 1. The lowest BCUT2D eigenvalue weighted by atomic mass is 10.00. The van der Waals surface area contributed by atoms with Crippen LogP contribution in [0.2, 0.25) is 0 Å². The highest BCUT2D eigenvalue weighted by molar-refractivity contribution is 5.99. The third-order valence-corrected chi connectivity index (χ3v) is 3.31. The molecule has 1 fully saturated rings. The zero-order valence-corrected chi connectivity index (χ0v) is 10.9. The number of hydrogen-bond acceptors (Lipinski definition) is 7. The highest BCUT2D eigenvalue weighted by Crippen LogP contribution is 2.28. The summed E-state index contributed by atoms with van der Waals surface area (Å²) in [5.74, 6) is -0.0598. The van der Waals surface area contributed by atoms with Crippen molar-refractivity contribution in [3.8, 4) is 0 Å². The van der Waals surface area contributed by atoms with Crippen molar-refractivity contribution < 1.29 is 34.3 Å². The molecule has 0 amide bonds. The van der Waals surface area contributed by atoms with Crippen LogP contribution in [0.15, 0.2) is 11.5 Å². The van der Waals surface area contributed by atoms with Gasteiger partial charge in [0.25, 0.3) is 0 Å². The van der Waals surface area contributed by atoms with Crippen molar-refractivity contribution in [1.29, 1.82) is 0 Å². The predicted molar refractivity (Wildman–Crippen MR) is 61.7 cm³/mol. The van der Waals surface area contributed by atoms with Crippen LogP contribution in [-0.4, -0.2) is 57.9 Å². The SMILES string of the molecule is CC1=C(O[C@@H]2O[C@@H](C)[C@@H](O)[C@@H](O)[C@@H]2O)C(=O)C(C)O1. The van der Waals surface area contributed by atoms with E-state index in [4.69, 9.17) is 14.2 Å². The second-order valence-corrected chi connectivity index (χ2v) is 4.81. The Kier molecular flexibility index (Phi) is 3.82. The summed E-state index contributed by atoms with van der Waals surface area (Å²) in [6.45, 7) is 4.69. The van der Waals surface area contributed by atoms with E-state index in [9.17, 15) is 20.1 Å². The Hall–Kier alpha value is -1.15. The number of aliphatic hydroxyl groups excluding tert-OH is 3. The Balaban J connectivity index is 2.11. The van der Waals surface area contributed by atoms with E-state index in [0.29, 0.717) is 5.76 Å². The van der Waals surface area contributed by atoms with Crippen LogP contribution < -0.4 is 0 Å². The highest BCUT2D eigenvalue weighted by atomic mass is 16.7. The zero-order chi connectivity index (χ0) is 14.3. The number of carbonyl (C=O) groups excluding carboxylic acids is 1. The molecule has 108 valence electrons. The van der Waals surface area contributed by atoms with Crippen molar-refractivity contribution in [3.63, 3.8) is 0 Å². The summed E-state index contributed by atoms with van der Waals surface area (Å²) >= 11 is 0. The van der Waals surface area contributed by atoms with Crippen molar-refractivity contribution in [1.82, 2.24) is 0 Å². The van der Waals surface area contributed by atoms with Crippen LogP contribution in [0, 0.1) is 0 Å². The number of aliphatic hydroxyl groups is 3. The molecule has 0 saturated carbocycles. The summed E-state index contributed by atoms with van der Waals surface area (Å²) in [4.78, 5) is 11.8. The number of allylic oxidation sites excluding steroid dienone is 1. The van der Waals surface area contributed by atoms with Crippen molar-refractivity contribution >= 4 is 5.78 Å². The third-order valence-electron chi connectivity index (χ3n) is 3.31. The quantitative estimate of drug-likeness (QED) is 0.596. The van der Waals surface area contributed by atoms with E-state index in [0.717, 1.165) is 0 Å². The molecule has 3 N–H and O–H groups in total. The van der Waals surface area contributed by atoms with Gasteiger partial charge in [0.2, 0.25) is 17.8 Å². The first-order valence-electron chi connectivity index (χ1n) is 6.11. The number of rotatable bonds is 2. The van der Waals surface area contributed by atoms with Gasteiger partial charge in [-0.15, -0.1) is 0 Å². The van der Waals surface area contributed by atoms with Crippen molar-refractivity contribution in [2.75, 3.05) is 0 Å². The maximum absolute atomic E-state index is 11.8. The lowest BCUT2D eigenvalue weighted by Crippen LogP contribution is -2.57. The van der Waals surface area contributed by atoms with E-state index >= 15 is 0 Å². The van der Waals surface area contributed by atoms with Gasteiger partial charge in [-0.3, -0.25) is 4.79 Å². The lowest BCUT2D eigenvalue weighted by molar-refractivity contribution is -0.282. The van der Waals surface area contributed by atoms with Crippen LogP contribution in [0.5, 0.6) is 0 Å². The molecule has 7 heteroatoms. The summed E-state index contributed by atoms with van der Waals surface area (Å²) in [6.07, 6.45) is -6.64. The molecule has 2 rings (SSSR count). The maximum Gasteiger partial charge on any atom is 0.241 e. The van der Waals surface area contributed by atoms with E-state index in [1.54, 1.807) is 13.8 Å². The van der Waals surface area contributed by atoms with Crippen LogP contribution in [0.25, 0.3) is 0 Å². The van der Waals surface area contributed by atoms with Gasteiger partial charge in [-0.05, 0) is 20.8 Å².